The molecule has 16 heavy (non-hydrogen) atoms. The van der Waals surface area contributed by atoms with Gasteiger partial charge in [-0.05, 0) is 17.7 Å². The smallest absolute Gasteiger partial charge is 0.328 e. The predicted octanol–water partition coefficient (Wildman–Crippen LogP) is 2.82. The van der Waals surface area contributed by atoms with Gasteiger partial charge in [-0.25, -0.2) is 9.78 Å². The third kappa shape index (κ3) is 2.30. The summed E-state index contributed by atoms with van der Waals surface area (Å²) in [6, 6.07) is 5.65. The maximum atomic E-state index is 10.3. The fraction of sp³-hybridized carbons (Fsp3) is 0.0909. The van der Waals surface area contributed by atoms with Crippen molar-refractivity contribution in [2.75, 3.05) is 0 Å². The summed E-state index contributed by atoms with van der Waals surface area (Å²) in [7, 11) is 0. The molecule has 0 atom stereocenters. The average Bonchev–Trinajstić information content (AvgIpc) is 2.67. The maximum Gasteiger partial charge on any atom is 0.328 e. The number of nitrogens with zero attached hydrogens (tertiary/aromatic N) is 1. The molecule has 0 spiro atoms. The molecular weight excluding hydrogens is 274 g/mol. The molecule has 2 aromatic rings. The molecule has 4 nitrogen and oxygen atoms in total. The highest BCUT2D eigenvalue weighted by atomic mass is 79.9. The Morgan fingerprint density at radius 3 is 3.06 bits per heavy atom. The number of alkyl halides is 1. The summed E-state index contributed by atoms with van der Waals surface area (Å²) in [5.74, 6) is -0.729. The van der Waals surface area contributed by atoms with Crippen molar-refractivity contribution in [3.63, 3.8) is 0 Å². The Kier molecular flexibility index (Phi) is 3.05. The average molecular weight is 282 g/mol. The zero-order valence-electron chi connectivity index (χ0n) is 8.18. The van der Waals surface area contributed by atoms with E-state index in [-0.39, 0.29) is 0 Å². The van der Waals surface area contributed by atoms with Crippen LogP contribution in [0.25, 0.3) is 17.2 Å². The van der Waals surface area contributed by atoms with Crippen molar-refractivity contribution in [2.45, 2.75) is 5.33 Å². The van der Waals surface area contributed by atoms with Gasteiger partial charge in [0.05, 0.1) is 0 Å². The first-order chi connectivity index (χ1) is 7.69. The Hall–Kier alpha value is -1.62. The Balaban J connectivity index is 2.40. The first kappa shape index (κ1) is 10.9. The van der Waals surface area contributed by atoms with Gasteiger partial charge in [-0.1, -0.05) is 22.0 Å². The molecule has 1 heterocycles. The highest BCUT2D eigenvalue weighted by molar-refractivity contribution is 9.08. The normalized spacial score (nSPS) is 11.3. The number of carboxylic acids is 1. The lowest BCUT2D eigenvalue weighted by molar-refractivity contribution is -0.131. The number of carbonyl (C=O) groups is 1. The van der Waals surface area contributed by atoms with Crippen molar-refractivity contribution >= 4 is 39.1 Å². The fourth-order valence-electron chi connectivity index (χ4n) is 1.28. The second-order valence-electron chi connectivity index (χ2n) is 3.16. The minimum Gasteiger partial charge on any atom is -0.478 e. The minimum atomic E-state index is -1.02. The van der Waals surface area contributed by atoms with Crippen molar-refractivity contribution in [3.8, 4) is 0 Å². The van der Waals surface area contributed by atoms with Crippen molar-refractivity contribution < 1.29 is 14.3 Å². The summed E-state index contributed by atoms with van der Waals surface area (Å²) in [4.78, 5) is 14.5. The second kappa shape index (κ2) is 4.49. The predicted molar refractivity (Wildman–Crippen MR) is 63.3 cm³/mol. The Morgan fingerprint density at radius 1 is 1.56 bits per heavy atom. The molecule has 0 saturated heterocycles. The number of rotatable bonds is 3. The molecule has 5 heteroatoms. The maximum absolute atomic E-state index is 10.3. The molecule has 0 fully saturated rings. The number of benzene rings is 1. The molecule has 0 radical (unpaired) electrons. The van der Waals surface area contributed by atoms with Crippen LogP contribution in [0.15, 0.2) is 28.7 Å². The van der Waals surface area contributed by atoms with Gasteiger partial charge in [0.15, 0.2) is 5.58 Å². The van der Waals surface area contributed by atoms with E-state index in [0.29, 0.717) is 11.5 Å². The van der Waals surface area contributed by atoms with E-state index in [0.717, 1.165) is 22.5 Å². The molecule has 0 bridgehead atoms. The van der Waals surface area contributed by atoms with Crippen LogP contribution in [0.3, 0.4) is 0 Å². The van der Waals surface area contributed by atoms with Crippen LogP contribution in [0.5, 0.6) is 0 Å². The summed E-state index contributed by atoms with van der Waals surface area (Å²) in [5.41, 5.74) is 2.45. The monoisotopic (exact) mass is 281 g/mol. The number of carboxylic acid groups (broad SMARTS) is 1. The fourth-order valence-corrected chi connectivity index (χ4v) is 1.63. The van der Waals surface area contributed by atoms with Crippen LogP contribution in [-0.4, -0.2) is 16.1 Å². The van der Waals surface area contributed by atoms with E-state index >= 15 is 0 Å². The summed E-state index contributed by atoms with van der Waals surface area (Å²) in [6.45, 7) is 0. The van der Waals surface area contributed by atoms with E-state index in [1.165, 1.54) is 6.08 Å². The highest BCUT2D eigenvalue weighted by Crippen LogP contribution is 2.19. The zero-order valence-corrected chi connectivity index (χ0v) is 9.77. The molecule has 1 N–H and O–H groups in total. The van der Waals surface area contributed by atoms with Gasteiger partial charge >= 0.3 is 5.97 Å². The van der Waals surface area contributed by atoms with Gasteiger partial charge in [0.1, 0.15) is 5.52 Å². The van der Waals surface area contributed by atoms with Crippen LogP contribution in [0.2, 0.25) is 0 Å². The molecule has 0 aliphatic carbocycles. The molecule has 0 aliphatic rings. The molecule has 0 unspecified atom stereocenters. The Morgan fingerprint density at radius 2 is 2.38 bits per heavy atom. The van der Waals surface area contributed by atoms with Crippen LogP contribution >= 0.6 is 15.9 Å². The lowest BCUT2D eigenvalue weighted by Crippen LogP contribution is -1.85. The topological polar surface area (TPSA) is 63.3 Å². The number of halogens is 1. The van der Waals surface area contributed by atoms with E-state index < -0.39 is 5.97 Å². The number of hydrogen-bond donors (Lipinski definition) is 1. The van der Waals surface area contributed by atoms with E-state index in [1.807, 2.05) is 18.2 Å². The Bertz CT molecular complexity index is 559. The van der Waals surface area contributed by atoms with Crippen molar-refractivity contribution in [2.24, 2.45) is 0 Å². The zero-order chi connectivity index (χ0) is 11.5. The van der Waals surface area contributed by atoms with E-state index in [1.54, 1.807) is 0 Å². The highest BCUT2D eigenvalue weighted by Gasteiger charge is 2.04. The van der Waals surface area contributed by atoms with Crippen molar-refractivity contribution in [1.29, 1.82) is 0 Å². The SMILES string of the molecule is O=C(O)/C=C/c1nc2ccc(CBr)cc2o1. The molecule has 0 amide bonds. The molecule has 0 aliphatic heterocycles. The van der Waals surface area contributed by atoms with Gasteiger partial charge in [0.25, 0.3) is 0 Å². The van der Waals surface area contributed by atoms with Gasteiger partial charge < -0.3 is 9.52 Å². The standard InChI is InChI=1S/C11H8BrNO3/c12-6-7-1-2-8-9(5-7)16-10(13-8)3-4-11(14)15/h1-5H,6H2,(H,14,15)/b4-3+. The second-order valence-corrected chi connectivity index (χ2v) is 3.72. The van der Waals surface area contributed by atoms with Gasteiger partial charge in [-0.3, -0.25) is 0 Å². The molecule has 1 aromatic heterocycles. The van der Waals surface area contributed by atoms with Gasteiger partial charge in [-0.2, -0.15) is 0 Å². The lowest BCUT2D eigenvalue weighted by Gasteiger charge is -1.91. The number of aliphatic carboxylic acids is 1. The number of aromatic nitrogens is 1. The van der Waals surface area contributed by atoms with Gasteiger partial charge in [0.2, 0.25) is 5.89 Å². The molecular formula is C11H8BrNO3. The first-order valence-corrected chi connectivity index (χ1v) is 5.67. The molecule has 2 rings (SSSR count). The minimum absolute atomic E-state index is 0.295. The number of hydrogen-bond acceptors (Lipinski definition) is 3. The van der Waals surface area contributed by atoms with E-state index in [4.69, 9.17) is 9.52 Å². The van der Waals surface area contributed by atoms with Crippen molar-refractivity contribution in [1.82, 2.24) is 4.98 Å². The van der Waals surface area contributed by atoms with Crippen LogP contribution in [-0.2, 0) is 10.1 Å². The molecule has 82 valence electrons. The van der Waals surface area contributed by atoms with E-state index in [2.05, 4.69) is 20.9 Å². The van der Waals surface area contributed by atoms with Gasteiger partial charge in [0, 0.05) is 17.5 Å². The summed E-state index contributed by atoms with van der Waals surface area (Å²) in [6.07, 6.45) is 2.33. The van der Waals surface area contributed by atoms with Crippen LogP contribution in [0, 0.1) is 0 Å². The first-order valence-electron chi connectivity index (χ1n) is 4.55. The quantitative estimate of drug-likeness (QED) is 0.694. The Labute approximate surface area is 99.7 Å². The summed E-state index contributed by atoms with van der Waals surface area (Å²) in [5, 5.41) is 9.21. The third-order valence-electron chi connectivity index (χ3n) is 1.99. The van der Waals surface area contributed by atoms with Crippen LogP contribution < -0.4 is 0 Å². The molecule has 1 aromatic carbocycles. The molecule has 0 saturated carbocycles. The van der Waals surface area contributed by atoms with E-state index in [9.17, 15) is 4.79 Å². The van der Waals surface area contributed by atoms with Crippen LogP contribution in [0.4, 0.5) is 0 Å². The summed E-state index contributed by atoms with van der Waals surface area (Å²) >= 11 is 3.35. The lowest BCUT2D eigenvalue weighted by atomic mass is 10.2. The number of oxazole rings is 1. The largest absolute Gasteiger partial charge is 0.478 e. The third-order valence-corrected chi connectivity index (χ3v) is 2.64. The number of fused-ring (bicyclic) bond motifs is 1. The van der Waals surface area contributed by atoms with Crippen LogP contribution in [0.1, 0.15) is 11.5 Å². The van der Waals surface area contributed by atoms with Crippen molar-refractivity contribution in [3.05, 3.63) is 35.7 Å². The summed E-state index contributed by atoms with van der Waals surface area (Å²) < 4.78 is 5.38. The van der Waals surface area contributed by atoms with Gasteiger partial charge in [-0.15, -0.1) is 0 Å².